The minimum Gasteiger partial charge on any atom is -0.478 e. The van der Waals surface area contributed by atoms with Gasteiger partial charge in [-0.1, -0.05) is 18.5 Å². The minimum absolute atomic E-state index is 0.0179. The van der Waals surface area contributed by atoms with Crippen molar-refractivity contribution in [3.8, 4) is 11.5 Å². The molecule has 0 spiro atoms. The highest BCUT2D eigenvalue weighted by molar-refractivity contribution is 7.12. The summed E-state index contributed by atoms with van der Waals surface area (Å²) >= 11 is 1.71. The summed E-state index contributed by atoms with van der Waals surface area (Å²) < 4.78 is 5.73. The molecule has 0 radical (unpaired) electrons. The number of hydrogen-bond donors (Lipinski definition) is 1. The first-order valence-electron chi connectivity index (χ1n) is 12.5. The molecule has 0 saturated heterocycles. The van der Waals surface area contributed by atoms with Gasteiger partial charge >= 0.3 is 5.97 Å². The van der Waals surface area contributed by atoms with Gasteiger partial charge in [0.15, 0.2) is 11.6 Å². The number of thiophene rings is 1. The van der Waals surface area contributed by atoms with Crippen molar-refractivity contribution in [3.63, 3.8) is 0 Å². The average molecular weight is 467 g/mol. The standard InChI is InChI=1S/C26H30N2O4S/c1-2-13-3-10-17-19(11-13)33-20(23(17)25-27-24(28-32-25)16-8-9-16)12-18(29)21-14-4-6-15(7-5-14)22(21)26(30)31/h13-16H,2-12H2,1H3,(H,30,31)/t13-,14?,15?/m1/s1. The number of aromatic nitrogens is 2. The molecule has 0 amide bonds. The molecule has 7 heteroatoms. The van der Waals surface area contributed by atoms with Crippen LogP contribution in [-0.2, 0) is 28.9 Å². The Hall–Kier alpha value is -2.28. The van der Waals surface area contributed by atoms with Crippen LogP contribution in [0.3, 0.4) is 0 Å². The molecular formula is C26H30N2O4S. The van der Waals surface area contributed by atoms with Gasteiger partial charge in [0.05, 0.1) is 5.56 Å². The molecule has 6 nitrogen and oxygen atoms in total. The van der Waals surface area contributed by atoms with Crippen molar-refractivity contribution < 1.29 is 19.2 Å². The van der Waals surface area contributed by atoms with Crippen LogP contribution in [0, 0.1) is 17.8 Å². The molecule has 1 N–H and O–H groups in total. The zero-order chi connectivity index (χ0) is 22.7. The van der Waals surface area contributed by atoms with Gasteiger partial charge in [0.1, 0.15) is 0 Å². The van der Waals surface area contributed by atoms with Crippen LogP contribution < -0.4 is 0 Å². The third kappa shape index (κ3) is 3.69. The van der Waals surface area contributed by atoms with Gasteiger partial charge in [-0.15, -0.1) is 11.3 Å². The number of carbonyl (C=O) groups is 2. The van der Waals surface area contributed by atoms with Gasteiger partial charge in [0.2, 0.25) is 0 Å². The molecule has 0 aliphatic heterocycles. The Labute approximate surface area is 197 Å². The second-order valence-electron chi connectivity index (χ2n) is 10.3. The van der Waals surface area contributed by atoms with E-state index >= 15 is 0 Å². The third-order valence-electron chi connectivity index (χ3n) is 8.30. The fourth-order valence-corrected chi connectivity index (χ4v) is 7.76. The number of rotatable bonds is 7. The molecule has 0 unspecified atom stereocenters. The number of carboxylic acid groups (broad SMARTS) is 1. The first kappa shape index (κ1) is 21.3. The van der Waals surface area contributed by atoms with Gasteiger partial charge in [-0.05, 0) is 81.1 Å². The Morgan fingerprint density at radius 2 is 1.73 bits per heavy atom. The largest absolute Gasteiger partial charge is 0.478 e. The first-order valence-corrected chi connectivity index (χ1v) is 13.3. The molecule has 5 aliphatic carbocycles. The van der Waals surface area contributed by atoms with E-state index in [2.05, 4.69) is 12.1 Å². The molecule has 2 aromatic heterocycles. The van der Waals surface area contributed by atoms with Crippen molar-refractivity contribution in [1.29, 1.82) is 0 Å². The van der Waals surface area contributed by atoms with Crippen LogP contribution in [-0.4, -0.2) is 27.0 Å². The highest BCUT2D eigenvalue weighted by Gasteiger charge is 2.41. The number of ketones is 1. The second-order valence-corrected chi connectivity index (χ2v) is 11.5. The van der Waals surface area contributed by atoms with Crippen molar-refractivity contribution >= 4 is 23.1 Å². The molecule has 2 aromatic rings. The summed E-state index contributed by atoms with van der Waals surface area (Å²) in [4.78, 5) is 32.7. The van der Waals surface area contributed by atoms with Crippen LogP contribution in [0.2, 0.25) is 0 Å². The molecule has 0 aromatic carbocycles. The quantitative estimate of drug-likeness (QED) is 0.579. The van der Waals surface area contributed by atoms with Crippen LogP contribution in [0.1, 0.15) is 85.4 Å². The number of carbonyl (C=O) groups excluding carboxylic acids is 1. The fraction of sp³-hybridized carbons (Fsp3) is 0.615. The lowest BCUT2D eigenvalue weighted by atomic mass is 9.65. The van der Waals surface area contributed by atoms with E-state index in [1.165, 1.54) is 10.4 Å². The number of Topliss-reactive ketones (excluding diaryl/α,β-unsaturated/α-hetero) is 1. The third-order valence-corrected chi connectivity index (χ3v) is 9.56. The Morgan fingerprint density at radius 3 is 2.39 bits per heavy atom. The fourth-order valence-electron chi connectivity index (χ4n) is 6.30. The Morgan fingerprint density at radius 1 is 1.03 bits per heavy atom. The van der Waals surface area contributed by atoms with E-state index in [-0.39, 0.29) is 24.0 Å². The van der Waals surface area contributed by atoms with Crippen molar-refractivity contribution in [2.24, 2.45) is 17.8 Å². The van der Waals surface area contributed by atoms with Crippen LogP contribution in [0.15, 0.2) is 15.7 Å². The highest BCUT2D eigenvalue weighted by atomic mass is 32.1. The van der Waals surface area contributed by atoms with E-state index in [1.807, 2.05) is 0 Å². The van der Waals surface area contributed by atoms with Crippen LogP contribution in [0.5, 0.6) is 0 Å². The predicted octanol–water partition coefficient (Wildman–Crippen LogP) is 5.50. The number of nitrogens with zero attached hydrogens (tertiary/aromatic N) is 2. The van der Waals surface area contributed by atoms with Gasteiger partial charge in [-0.2, -0.15) is 4.98 Å². The normalized spacial score (nSPS) is 26.5. The summed E-state index contributed by atoms with van der Waals surface area (Å²) in [5.41, 5.74) is 3.23. The van der Waals surface area contributed by atoms with Crippen LogP contribution in [0.4, 0.5) is 0 Å². The van der Waals surface area contributed by atoms with Crippen molar-refractivity contribution in [2.45, 2.75) is 83.5 Å². The monoisotopic (exact) mass is 466 g/mol. The highest BCUT2D eigenvalue weighted by Crippen LogP contribution is 2.48. The summed E-state index contributed by atoms with van der Waals surface area (Å²) in [6.07, 6.45) is 10.4. The lowest BCUT2D eigenvalue weighted by Gasteiger charge is -2.38. The predicted molar refractivity (Wildman–Crippen MR) is 124 cm³/mol. The minimum atomic E-state index is -0.907. The van der Waals surface area contributed by atoms with E-state index in [9.17, 15) is 14.7 Å². The molecule has 1 atom stereocenters. The molecule has 7 rings (SSSR count). The van der Waals surface area contributed by atoms with Crippen molar-refractivity contribution in [1.82, 2.24) is 10.1 Å². The molecule has 2 heterocycles. The molecule has 174 valence electrons. The van der Waals surface area contributed by atoms with Crippen molar-refractivity contribution in [2.75, 3.05) is 0 Å². The van der Waals surface area contributed by atoms with Crippen LogP contribution >= 0.6 is 11.3 Å². The summed E-state index contributed by atoms with van der Waals surface area (Å²) in [6, 6.07) is 0. The summed E-state index contributed by atoms with van der Waals surface area (Å²) in [7, 11) is 0. The summed E-state index contributed by atoms with van der Waals surface area (Å²) in [6.45, 7) is 2.24. The van der Waals surface area contributed by atoms with Gasteiger partial charge in [0.25, 0.3) is 5.89 Å². The summed E-state index contributed by atoms with van der Waals surface area (Å²) in [5, 5.41) is 14.1. The number of hydrogen-bond acceptors (Lipinski definition) is 6. The Bertz CT molecular complexity index is 1150. The molecule has 2 bridgehead atoms. The number of allylic oxidation sites excluding steroid dienone is 1. The maximum absolute atomic E-state index is 13.6. The van der Waals surface area contributed by atoms with E-state index in [4.69, 9.17) is 9.51 Å². The van der Waals surface area contributed by atoms with Gasteiger partial charge in [0, 0.05) is 33.2 Å². The number of carboxylic acids is 1. The van der Waals surface area contributed by atoms with Gasteiger partial charge < -0.3 is 9.63 Å². The maximum atomic E-state index is 13.6. The molecular weight excluding hydrogens is 436 g/mol. The first-order chi connectivity index (χ1) is 16.0. The number of fused-ring (bicyclic) bond motifs is 3. The van der Waals surface area contributed by atoms with E-state index < -0.39 is 5.97 Å². The molecule has 33 heavy (non-hydrogen) atoms. The number of aliphatic carboxylic acids is 1. The zero-order valence-corrected chi connectivity index (χ0v) is 19.9. The second kappa shape index (κ2) is 8.19. The lowest BCUT2D eigenvalue weighted by Crippen LogP contribution is -2.34. The van der Waals surface area contributed by atoms with Crippen LogP contribution in [0.25, 0.3) is 11.5 Å². The SMILES string of the molecule is CC[C@@H]1CCc2c(sc(CC(=O)C3=C(C(=O)O)C4CCC3CC4)c2-c2nc(C3CC3)no2)C1. The van der Waals surface area contributed by atoms with Gasteiger partial charge in [-0.3, -0.25) is 4.79 Å². The maximum Gasteiger partial charge on any atom is 0.332 e. The lowest BCUT2D eigenvalue weighted by molar-refractivity contribution is -0.134. The molecule has 2 fully saturated rings. The van der Waals surface area contributed by atoms with Gasteiger partial charge in [-0.25, -0.2) is 4.79 Å². The molecule has 2 saturated carbocycles. The molecule has 5 aliphatic rings. The Kier molecular flexibility index (Phi) is 5.28. The average Bonchev–Trinajstić information content (AvgIpc) is 3.46. The van der Waals surface area contributed by atoms with E-state index in [0.29, 0.717) is 28.9 Å². The summed E-state index contributed by atoms with van der Waals surface area (Å²) in [5.74, 6) is 1.62. The smallest absolute Gasteiger partial charge is 0.332 e. The Balaban J connectivity index is 1.39. The van der Waals surface area contributed by atoms with Crippen molar-refractivity contribution in [3.05, 3.63) is 32.3 Å². The van der Waals surface area contributed by atoms with E-state index in [0.717, 1.165) is 80.5 Å². The topological polar surface area (TPSA) is 93.3 Å². The van der Waals surface area contributed by atoms with E-state index in [1.54, 1.807) is 11.3 Å². The zero-order valence-electron chi connectivity index (χ0n) is 19.1.